The molecule has 5 nitrogen and oxygen atoms in total. The van der Waals surface area contributed by atoms with Crippen molar-refractivity contribution in [2.75, 3.05) is 17.7 Å². The Morgan fingerprint density at radius 2 is 1.58 bits per heavy atom. The van der Waals surface area contributed by atoms with Gasteiger partial charge in [-0.1, -0.05) is 24.3 Å². The number of benzene rings is 2. The summed E-state index contributed by atoms with van der Waals surface area (Å²) in [6, 6.07) is 13.9. The SMILES string of the molecule is COc1ccccc1Nc1nccc(Nc2ccccc2C(F)(F)F)n1. The molecule has 0 radical (unpaired) electrons. The highest BCUT2D eigenvalue weighted by atomic mass is 19.4. The van der Waals surface area contributed by atoms with Crippen LogP contribution in [0.1, 0.15) is 5.56 Å². The minimum Gasteiger partial charge on any atom is -0.495 e. The third kappa shape index (κ3) is 4.02. The maximum Gasteiger partial charge on any atom is 0.418 e. The summed E-state index contributed by atoms with van der Waals surface area (Å²) in [7, 11) is 1.54. The number of hydrogen-bond acceptors (Lipinski definition) is 5. The molecule has 1 aromatic heterocycles. The first-order valence-electron chi connectivity index (χ1n) is 7.64. The van der Waals surface area contributed by atoms with Crippen LogP contribution in [0.15, 0.2) is 60.8 Å². The molecule has 0 bridgehead atoms. The summed E-state index contributed by atoms with van der Waals surface area (Å²) in [4.78, 5) is 8.29. The molecule has 2 aromatic carbocycles. The zero-order chi connectivity index (χ0) is 18.6. The van der Waals surface area contributed by atoms with Crippen LogP contribution in [-0.4, -0.2) is 17.1 Å². The second-order valence-electron chi connectivity index (χ2n) is 5.26. The van der Waals surface area contributed by atoms with Crippen LogP contribution in [0.3, 0.4) is 0 Å². The van der Waals surface area contributed by atoms with Gasteiger partial charge >= 0.3 is 6.18 Å². The fraction of sp³-hybridized carbons (Fsp3) is 0.111. The number of hydrogen-bond donors (Lipinski definition) is 2. The average Bonchev–Trinajstić information content (AvgIpc) is 2.62. The van der Waals surface area contributed by atoms with Crippen molar-refractivity contribution in [2.45, 2.75) is 6.18 Å². The summed E-state index contributed by atoms with van der Waals surface area (Å²) in [6.45, 7) is 0. The van der Waals surface area contributed by atoms with Gasteiger partial charge in [0.1, 0.15) is 11.6 Å². The number of aromatic nitrogens is 2. The highest BCUT2D eigenvalue weighted by Crippen LogP contribution is 2.35. The molecule has 2 N–H and O–H groups in total. The molecule has 3 rings (SSSR count). The van der Waals surface area contributed by atoms with E-state index >= 15 is 0 Å². The zero-order valence-corrected chi connectivity index (χ0v) is 13.7. The number of halogens is 3. The summed E-state index contributed by atoms with van der Waals surface area (Å²) < 4.78 is 44.5. The highest BCUT2D eigenvalue weighted by Gasteiger charge is 2.33. The Labute approximate surface area is 147 Å². The standard InChI is InChI=1S/C18H15F3N4O/c1-26-15-9-5-4-8-14(15)24-17-22-11-10-16(25-17)23-13-7-3-2-6-12(13)18(19,20)21/h2-11H,1H3,(H2,22,23,24,25). The van der Waals surface area contributed by atoms with E-state index in [0.29, 0.717) is 11.4 Å². The van der Waals surface area contributed by atoms with E-state index in [-0.39, 0.29) is 17.5 Å². The molecule has 0 fully saturated rings. The molecule has 26 heavy (non-hydrogen) atoms. The fourth-order valence-electron chi connectivity index (χ4n) is 2.33. The fourth-order valence-corrected chi connectivity index (χ4v) is 2.33. The summed E-state index contributed by atoms with van der Waals surface area (Å²) >= 11 is 0. The molecule has 1 heterocycles. The molecular weight excluding hydrogens is 345 g/mol. The van der Waals surface area contributed by atoms with Gasteiger partial charge in [-0.25, -0.2) is 4.98 Å². The second-order valence-corrected chi connectivity index (χ2v) is 5.26. The molecule has 0 aliphatic rings. The lowest BCUT2D eigenvalue weighted by molar-refractivity contribution is -0.136. The monoisotopic (exact) mass is 360 g/mol. The lowest BCUT2D eigenvalue weighted by Gasteiger charge is -2.14. The predicted molar refractivity (Wildman–Crippen MR) is 93.0 cm³/mol. The van der Waals surface area contributed by atoms with E-state index in [1.165, 1.54) is 37.6 Å². The maximum atomic E-state index is 13.1. The normalized spacial score (nSPS) is 11.1. The van der Waals surface area contributed by atoms with Gasteiger partial charge in [0.15, 0.2) is 0 Å². The van der Waals surface area contributed by atoms with Gasteiger partial charge < -0.3 is 15.4 Å². The minimum absolute atomic E-state index is 0.0815. The van der Waals surface area contributed by atoms with E-state index in [9.17, 15) is 13.2 Å². The third-order valence-corrected chi connectivity index (χ3v) is 3.50. The Hall–Kier alpha value is -3.29. The number of anilines is 4. The van der Waals surface area contributed by atoms with Gasteiger partial charge in [-0.05, 0) is 30.3 Å². The van der Waals surface area contributed by atoms with E-state index in [0.717, 1.165) is 6.07 Å². The molecule has 0 unspecified atom stereocenters. The number of nitrogens with one attached hydrogen (secondary N) is 2. The molecule has 8 heteroatoms. The molecule has 0 saturated heterocycles. The quantitative estimate of drug-likeness (QED) is 0.671. The van der Waals surface area contributed by atoms with Crippen LogP contribution >= 0.6 is 0 Å². The van der Waals surface area contributed by atoms with Gasteiger partial charge in [-0.15, -0.1) is 0 Å². The van der Waals surface area contributed by atoms with Crippen molar-refractivity contribution in [1.29, 1.82) is 0 Å². The van der Waals surface area contributed by atoms with Crippen LogP contribution in [0.2, 0.25) is 0 Å². The molecule has 0 aliphatic carbocycles. The molecule has 0 atom stereocenters. The van der Waals surface area contributed by atoms with Crippen molar-refractivity contribution in [2.24, 2.45) is 0 Å². The van der Waals surface area contributed by atoms with Gasteiger partial charge in [-0.3, -0.25) is 0 Å². The van der Waals surface area contributed by atoms with Crippen LogP contribution in [0.5, 0.6) is 5.75 Å². The number of rotatable bonds is 5. The number of methoxy groups -OCH3 is 1. The van der Waals surface area contributed by atoms with Gasteiger partial charge in [-0.2, -0.15) is 18.2 Å². The van der Waals surface area contributed by atoms with Crippen molar-refractivity contribution >= 4 is 23.1 Å². The van der Waals surface area contributed by atoms with E-state index in [2.05, 4.69) is 20.6 Å². The first-order chi connectivity index (χ1) is 12.5. The van der Waals surface area contributed by atoms with Gasteiger partial charge in [0, 0.05) is 6.20 Å². The molecular formula is C18H15F3N4O. The molecule has 0 saturated carbocycles. The molecule has 0 aliphatic heterocycles. The number of para-hydroxylation sites is 3. The number of nitrogens with zero attached hydrogens (tertiary/aromatic N) is 2. The maximum absolute atomic E-state index is 13.1. The van der Waals surface area contributed by atoms with Crippen molar-refractivity contribution in [1.82, 2.24) is 9.97 Å². The highest BCUT2D eigenvalue weighted by molar-refractivity contribution is 5.65. The van der Waals surface area contributed by atoms with E-state index < -0.39 is 11.7 Å². The molecule has 0 spiro atoms. The Morgan fingerprint density at radius 1 is 0.885 bits per heavy atom. The van der Waals surface area contributed by atoms with Crippen molar-refractivity contribution in [3.05, 3.63) is 66.4 Å². The lowest BCUT2D eigenvalue weighted by atomic mass is 10.1. The summed E-state index contributed by atoms with van der Waals surface area (Å²) in [5, 5.41) is 5.68. The third-order valence-electron chi connectivity index (χ3n) is 3.50. The number of ether oxygens (including phenoxy) is 1. The van der Waals surface area contributed by atoms with Crippen LogP contribution in [0.25, 0.3) is 0 Å². The van der Waals surface area contributed by atoms with Gasteiger partial charge in [0.2, 0.25) is 5.95 Å². The van der Waals surface area contributed by atoms with Crippen LogP contribution in [0, 0.1) is 0 Å². The topological polar surface area (TPSA) is 59.1 Å². The number of alkyl halides is 3. The first-order valence-corrected chi connectivity index (χ1v) is 7.64. The van der Waals surface area contributed by atoms with E-state index in [1.807, 2.05) is 12.1 Å². The van der Waals surface area contributed by atoms with Crippen molar-refractivity contribution in [3.63, 3.8) is 0 Å². The second kappa shape index (κ2) is 7.30. The summed E-state index contributed by atoms with van der Waals surface area (Å²) in [6.07, 6.45) is -3.02. The first kappa shape index (κ1) is 17.5. The van der Waals surface area contributed by atoms with E-state index in [4.69, 9.17) is 4.74 Å². The smallest absolute Gasteiger partial charge is 0.418 e. The summed E-state index contributed by atoms with van der Waals surface area (Å²) in [5.74, 6) is 1.05. The van der Waals surface area contributed by atoms with Crippen LogP contribution in [0.4, 0.5) is 36.3 Å². The average molecular weight is 360 g/mol. The Bertz CT molecular complexity index is 899. The van der Waals surface area contributed by atoms with Crippen LogP contribution in [-0.2, 0) is 6.18 Å². The molecule has 3 aromatic rings. The lowest BCUT2D eigenvalue weighted by Crippen LogP contribution is -2.09. The Morgan fingerprint density at radius 3 is 2.31 bits per heavy atom. The summed E-state index contributed by atoms with van der Waals surface area (Å²) in [5.41, 5.74) is -0.206. The Kier molecular flexibility index (Phi) is 4.92. The zero-order valence-electron chi connectivity index (χ0n) is 13.7. The van der Waals surface area contributed by atoms with E-state index in [1.54, 1.807) is 12.1 Å². The van der Waals surface area contributed by atoms with Gasteiger partial charge in [0.05, 0.1) is 24.0 Å². The van der Waals surface area contributed by atoms with Crippen molar-refractivity contribution in [3.8, 4) is 5.75 Å². The minimum atomic E-state index is -4.46. The van der Waals surface area contributed by atoms with Crippen LogP contribution < -0.4 is 15.4 Å². The van der Waals surface area contributed by atoms with Crippen molar-refractivity contribution < 1.29 is 17.9 Å². The molecule has 134 valence electrons. The van der Waals surface area contributed by atoms with Gasteiger partial charge in [0.25, 0.3) is 0 Å². The molecule has 0 amide bonds. The predicted octanol–water partition coefficient (Wildman–Crippen LogP) is 4.99. The Balaban J connectivity index is 1.85. The largest absolute Gasteiger partial charge is 0.495 e.